The van der Waals surface area contributed by atoms with Gasteiger partial charge in [-0.25, -0.2) is 4.98 Å². The fourth-order valence-corrected chi connectivity index (χ4v) is 4.85. The first-order chi connectivity index (χ1) is 9.15. The summed E-state index contributed by atoms with van der Waals surface area (Å²) in [5.41, 5.74) is 0.466. The van der Waals surface area contributed by atoms with Gasteiger partial charge in [0.25, 0.3) is 5.91 Å². The number of fused-ring (bicyclic) bond motifs is 5. The maximum absolute atomic E-state index is 12.3. The summed E-state index contributed by atoms with van der Waals surface area (Å²) in [5.74, 6) is 3.11. The van der Waals surface area contributed by atoms with Crippen LogP contribution >= 0.6 is 27.5 Å². The molecule has 0 aliphatic heterocycles. The smallest absolute Gasteiger partial charge is 0.254 e. The number of carbonyl (C=O) groups excluding carboxylic acids is 1. The van der Waals surface area contributed by atoms with E-state index in [9.17, 15) is 4.79 Å². The lowest BCUT2D eigenvalue weighted by atomic mass is 10.0. The molecule has 2 bridgehead atoms. The molecule has 19 heavy (non-hydrogen) atoms. The number of hydrogen-bond donors (Lipinski definition) is 1. The number of rotatable bonds is 2. The van der Waals surface area contributed by atoms with Crippen molar-refractivity contribution >= 4 is 33.4 Å². The van der Waals surface area contributed by atoms with Gasteiger partial charge in [0, 0.05) is 16.7 Å². The molecular weight excluding hydrogens is 328 g/mol. The van der Waals surface area contributed by atoms with Crippen molar-refractivity contribution in [3.8, 4) is 0 Å². The van der Waals surface area contributed by atoms with Crippen LogP contribution in [0.15, 0.2) is 16.7 Å². The minimum atomic E-state index is -0.0856. The standard InChI is InChI=1S/C14H14BrClN2O/c15-8-4-9(13(16)17-5-8)14(19)18-12-10-6-1-2-7(3-6)11(10)12/h4-7,10-12H,1-3H2,(H,18,19). The van der Waals surface area contributed by atoms with Crippen molar-refractivity contribution in [2.45, 2.75) is 25.3 Å². The van der Waals surface area contributed by atoms with Crippen LogP contribution in [0, 0.1) is 23.7 Å². The zero-order valence-corrected chi connectivity index (χ0v) is 12.6. The van der Waals surface area contributed by atoms with Gasteiger partial charge in [-0.05, 0) is 64.9 Å². The molecule has 3 fully saturated rings. The van der Waals surface area contributed by atoms with E-state index in [1.54, 1.807) is 12.3 Å². The number of nitrogens with zero attached hydrogens (tertiary/aromatic N) is 1. The summed E-state index contributed by atoms with van der Waals surface area (Å²) in [5, 5.41) is 3.43. The van der Waals surface area contributed by atoms with Gasteiger partial charge in [0.15, 0.2) is 0 Å². The maximum atomic E-state index is 12.3. The summed E-state index contributed by atoms with van der Waals surface area (Å²) in [6, 6.07) is 2.12. The van der Waals surface area contributed by atoms with E-state index in [1.807, 2.05) is 0 Å². The minimum absolute atomic E-state index is 0.0856. The van der Waals surface area contributed by atoms with Crippen molar-refractivity contribution < 1.29 is 4.79 Å². The van der Waals surface area contributed by atoms with E-state index in [-0.39, 0.29) is 11.1 Å². The van der Waals surface area contributed by atoms with E-state index in [0.717, 1.165) is 28.1 Å². The van der Waals surface area contributed by atoms with Crippen molar-refractivity contribution in [2.24, 2.45) is 23.7 Å². The number of carbonyl (C=O) groups is 1. The molecule has 3 nitrogen and oxygen atoms in total. The summed E-state index contributed by atoms with van der Waals surface area (Å²) in [6.07, 6.45) is 5.71. The van der Waals surface area contributed by atoms with Gasteiger partial charge in [-0.2, -0.15) is 0 Å². The average molecular weight is 342 g/mol. The molecule has 0 spiro atoms. The van der Waals surface area contributed by atoms with E-state index in [0.29, 0.717) is 11.6 Å². The second-order valence-corrected chi connectivity index (χ2v) is 7.25. The first-order valence-electron chi connectivity index (χ1n) is 6.77. The molecule has 1 aromatic rings. The lowest BCUT2D eigenvalue weighted by molar-refractivity contribution is 0.0944. The lowest BCUT2D eigenvalue weighted by Crippen LogP contribution is -2.30. The molecule has 1 aromatic heterocycles. The molecule has 4 rings (SSSR count). The number of amides is 1. The third-order valence-electron chi connectivity index (χ3n) is 5.08. The van der Waals surface area contributed by atoms with Crippen molar-refractivity contribution in [3.63, 3.8) is 0 Å². The van der Waals surface area contributed by atoms with Crippen LogP contribution in [0.3, 0.4) is 0 Å². The molecule has 4 atom stereocenters. The predicted molar refractivity (Wildman–Crippen MR) is 76.0 cm³/mol. The molecule has 0 saturated heterocycles. The Kier molecular flexibility index (Phi) is 2.68. The van der Waals surface area contributed by atoms with Gasteiger partial charge in [0.2, 0.25) is 0 Å². The number of hydrogen-bond acceptors (Lipinski definition) is 2. The van der Waals surface area contributed by atoms with Crippen molar-refractivity contribution in [1.29, 1.82) is 0 Å². The third-order valence-corrected chi connectivity index (χ3v) is 5.82. The normalized spacial score (nSPS) is 38.1. The topological polar surface area (TPSA) is 42.0 Å². The van der Waals surface area contributed by atoms with Crippen molar-refractivity contribution in [1.82, 2.24) is 10.3 Å². The highest BCUT2D eigenvalue weighted by atomic mass is 79.9. The first-order valence-corrected chi connectivity index (χ1v) is 7.94. The highest BCUT2D eigenvalue weighted by molar-refractivity contribution is 9.10. The lowest BCUT2D eigenvalue weighted by Gasteiger charge is -2.11. The predicted octanol–water partition coefficient (Wildman–Crippen LogP) is 3.27. The largest absolute Gasteiger partial charge is 0.349 e. The Bertz CT molecular complexity index is 548. The highest BCUT2D eigenvalue weighted by Crippen LogP contribution is 2.65. The van der Waals surface area contributed by atoms with Crippen molar-refractivity contribution in [3.05, 3.63) is 27.5 Å². The van der Waals surface area contributed by atoms with E-state index >= 15 is 0 Å². The number of aromatic nitrogens is 1. The Hall–Kier alpha value is -0.610. The van der Waals surface area contributed by atoms with Crippen LogP contribution in [-0.4, -0.2) is 16.9 Å². The molecule has 5 heteroatoms. The molecule has 1 N–H and O–H groups in total. The number of halogens is 2. The van der Waals surface area contributed by atoms with Crippen LogP contribution in [0.1, 0.15) is 29.6 Å². The molecule has 0 aromatic carbocycles. The van der Waals surface area contributed by atoms with Gasteiger partial charge in [0.1, 0.15) is 5.15 Å². The maximum Gasteiger partial charge on any atom is 0.254 e. The van der Waals surface area contributed by atoms with E-state index in [1.165, 1.54) is 19.3 Å². The van der Waals surface area contributed by atoms with E-state index in [2.05, 4.69) is 26.2 Å². The third kappa shape index (κ3) is 1.83. The van der Waals surface area contributed by atoms with Crippen molar-refractivity contribution in [2.75, 3.05) is 0 Å². The molecule has 100 valence electrons. The van der Waals surface area contributed by atoms with Crippen LogP contribution in [0.4, 0.5) is 0 Å². The highest BCUT2D eigenvalue weighted by Gasteiger charge is 2.65. The van der Waals surface area contributed by atoms with E-state index in [4.69, 9.17) is 11.6 Å². The summed E-state index contributed by atoms with van der Waals surface area (Å²) < 4.78 is 0.776. The number of pyridine rings is 1. The van der Waals surface area contributed by atoms with Gasteiger partial charge in [-0.1, -0.05) is 11.6 Å². The van der Waals surface area contributed by atoms with Gasteiger partial charge in [-0.3, -0.25) is 4.79 Å². The Labute approximate surface area is 125 Å². The number of nitrogens with one attached hydrogen (secondary N) is 1. The van der Waals surface area contributed by atoms with Crippen LogP contribution < -0.4 is 5.32 Å². The Balaban J connectivity index is 1.50. The molecule has 3 saturated carbocycles. The molecule has 1 amide bonds. The Morgan fingerprint density at radius 2 is 2.05 bits per heavy atom. The van der Waals surface area contributed by atoms with Gasteiger partial charge in [0.05, 0.1) is 5.56 Å². The second kappa shape index (κ2) is 4.19. The Morgan fingerprint density at radius 3 is 2.74 bits per heavy atom. The van der Waals surface area contributed by atoms with Crippen LogP contribution in [-0.2, 0) is 0 Å². The fourth-order valence-electron chi connectivity index (χ4n) is 4.33. The quantitative estimate of drug-likeness (QED) is 0.839. The molecular formula is C14H14BrClN2O. The van der Waals surface area contributed by atoms with Gasteiger partial charge >= 0.3 is 0 Å². The van der Waals surface area contributed by atoms with Gasteiger partial charge < -0.3 is 5.32 Å². The minimum Gasteiger partial charge on any atom is -0.349 e. The summed E-state index contributed by atoms with van der Waals surface area (Å²) in [7, 11) is 0. The van der Waals surface area contributed by atoms with Crippen LogP contribution in [0.2, 0.25) is 5.15 Å². The van der Waals surface area contributed by atoms with Crippen LogP contribution in [0.25, 0.3) is 0 Å². The van der Waals surface area contributed by atoms with Gasteiger partial charge in [-0.15, -0.1) is 0 Å². The SMILES string of the molecule is O=C(NC1C2C3CCC(C3)C12)c1cc(Br)cnc1Cl. The summed E-state index contributed by atoms with van der Waals surface area (Å²) in [6.45, 7) is 0. The second-order valence-electron chi connectivity index (χ2n) is 5.98. The summed E-state index contributed by atoms with van der Waals surface area (Å²) >= 11 is 9.32. The molecule has 3 aliphatic carbocycles. The first kappa shape index (κ1) is 12.2. The van der Waals surface area contributed by atoms with Crippen LogP contribution in [0.5, 0.6) is 0 Å². The monoisotopic (exact) mass is 340 g/mol. The molecule has 0 radical (unpaired) electrons. The average Bonchev–Trinajstić information content (AvgIpc) is 2.80. The van der Waals surface area contributed by atoms with E-state index < -0.39 is 0 Å². The Morgan fingerprint density at radius 1 is 1.37 bits per heavy atom. The zero-order chi connectivity index (χ0) is 13.1. The molecule has 4 unspecified atom stereocenters. The zero-order valence-electron chi connectivity index (χ0n) is 10.3. The molecule has 3 aliphatic rings. The molecule has 1 heterocycles. The summed E-state index contributed by atoms with van der Waals surface area (Å²) in [4.78, 5) is 16.3. The fraction of sp³-hybridized carbons (Fsp3) is 0.571.